The third-order valence-electron chi connectivity index (χ3n) is 3.75. The van der Waals surface area contributed by atoms with Crippen molar-refractivity contribution in [2.24, 2.45) is 0 Å². The molecule has 0 bridgehead atoms. The number of ketones is 1. The maximum absolute atomic E-state index is 12.5. The first kappa shape index (κ1) is 16.4. The molecular weight excluding hydrogens is 320 g/mol. The van der Waals surface area contributed by atoms with Gasteiger partial charge in [0.15, 0.2) is 5.78 Å². The summed E-state index contributed by atoms with van der Waals surface area (Å²) in [6, 6.07) is 13.6. The number of rotatable bonds is 5. The second-order valence-electron chi connectivity index (χ2n) is 5.38. The number of ether oxygens (including phenoxy) is 1. The van der Waals surface area contributed by atoms with Crippen LogP contribution in [0.2, 0.25) is 0 Å². The van der Waals surface area contributed by atoms with Gasteiger partial charge in [0.1, 0.15) is 17.1 Å². The summed E-state index contributed by atoms with van der Waals surface area (Å²) in [4.78, 5) is 24.6. The number of benzene rings is 2. The Morgan fingerprint density at radius 3 is 2.12 bits per heavy atom. The zero-order valence-corrected chi connectivity index (χ0v) is 13.8. The van der Waals surface area contributed by atoms with Crippen molar-refractivity contribution >= 4 is 17.4 Å². The summed E-state index contributed by atoms with van der Waals surface area (Å²) < 4.78 is 9.96. The Balaban J connectivity index is 1.72. The van der Waals surface area contributed by atoms with Gasteiger partial charge in [-0.25, -0.2) is 0 Å². The summed E-state index contributed by atoms with van der Waals surface area (Å²) in [7, 11) is 1.57. The van der Waals surface area contributed by atoms with Crippen LogP contribution in [0.5, 0.6) is 5.75 Å². The van der Waals surface area contributed by atoms with E-state index >= 15 is 0 Å². The average Bonchev–Trinajstić information content (AvgIpc) is 3.08. The highest BCUT2D eigenvalue weighted by Crippen LogP contribution is 2.18. The zero-order chi connectivity index (χ0) is 17.8. The first-order valence-electron chi connectivity index (χ1n) is 7.60. The fourth-order valence-corrected chi connectivity index (χ4v) is 2.33. The van der Waals surface area contributed by atoms with Crippen molar-refractivity contribution in [1.82, 2.24) is 5.16 Å². The zero-order valence-electron chi connectivity index (χ0n) is 13.8. The van der Waals surface area contributed by atoms with E-state index in [1.165, 1.54) is 6.20 Å². The van der Waals surface area contributed by atoms with E-state index in [0.717, 1.165) is 0 Å². The standard InChI is InChI=1S/C19H16N2O4/c1-12-17(11-20-25-12)19(23)21-15-7-3-13(4-8-15)18(22)14-5-9-16(24-2)10-6-14/h3-11H,1-2H3,(H,21,23). The van der Waals surface area contributed by atoms with Gasteiger partial charge in [-0.3, -0.25) is 9.59 Å². The fourth-order valence-electron chi connectivity index (χ4n) is 2.33. The van der Waals surface area contributed by atoms with Gasteiger partial charge in [0, 0.05) is 16.8 Å². The monoisotopic (exact) mass is 336 g/mol. The first-order valence-corrected chi connectivity index (χ1v) is 7.60. The summed E-state index contributed by atoms with van der Waals surface area (Å²) >= 11 is 0. The third kappa shape index (κ3) is 3.58. The van der Waals surface area contributed by atoms with Crippen molar-refractivity contribution in [2.75, 3.05) is 12.4 Å². The van der Waals surface area contributed by atoms with Crippen LogP contribution < -0.4 is 10.1 Å². The lowest BCUT2D eigenvalue weighted by Crippen LogP contribution is -2.12. The summed E-state index contributed by atoms with van der Waals surface area (Å²) in [5, 5.41) is 6.32. The number of methoxy groups -OCH3 is 1. The molecule has 126 valence electrons. The molecule has 6 nitrogen and oxygen atoms in total. The third-order valence-corrected chi connectivity index (χ3v) is 3.75. The summed E-state index contributed by atoms with van der Waals surface area (Å²) in [5.41, 5.74) is 2.05. The normalized spacial score (nSPS) is 10.3. The van der Waals surface area contributed by atoms with Gasteiger partial charge in [0.05, 0.1) is 13.3 Å². The second kappa shape index (κ2) is 7.00. The van der Waals surface area contributed by atoms with Gasteiger partial charge in [0.2, 0.25) is 0 Å². The molecule has 0 spiro atoms. The van der Waals surface area contributed by atoms with Gasteiger partial charge in [-0.2, -0.15) is 0 Å². The predicted molar refractivity (Wildman–Crippen MR) is 92.1 cm³/mol. The smallest absolute Gasteiger partial charge is 0.260 e. The van der Waals surface area contributed by atoms with Crippen LogP contribution in [0.3, 0.4) is 0 Å². The predicted octanol–water partition coefficient (Wildman–Crippen LogP) is 3.47. The highest BCUT2D eigenvalue weighted by atomic mass is 16.5. The van der Waals surface area contributed by atoms with Crippen LogP contribution in [0, 0.1) is 6.92 Å². The van der Waals surface area contributed by atoms with Crippen LogP contribution in [0.15, 0.2) is 59.3 Å². The number of carbonyl (C=O) groups is 2. The van der Waals surface area contributed by atoms with Gasteiger partial charge in [-0.15, -0.1) is 0 Å². The van der Waals surface area contributed by atoms with E-state index in [1.54, 1.807) is 62.6 Å². The number of anilines is 1. The Labute approximate surface area is 144 Å². The lowest BCUT2D eigenvalue weighted by atomic mass is 10.0. The molecule has 0 unspecified atom stereocenters. The van der Waals surface area contributed by atoms with Gasteiger partial charge < -0.3 is 14.6 Å². The minimum absolute atomic E-state index is 0.101. The minimum Gasteiger partial charge on any atom is -0.497 e. The Morgan fingerprint density at radius 2 is 1.60 bits per heavy atom. The Morgan fingerprint density at radius 1 is 1.00 bits per heavy atom. The number of hydrogen-bond acceptors (Lipinski definition) is 5. The molecule has 1 aromatic heterocycles. The van der Waals surface area contributed by atoms with E-state index in [1.807, 2.05) is 0 Å². The molecule has 0 aliphatic heterocycles. The Hall–Kier alpha value is -3.41. The molecule has 2 aromatic carbocycles. The lowest BCUT2D eigenvalue weighted by Gasteiger charge is -2.06. The van der Waals surface area contributed by atoms with E-state index in [2.05, 4.69) is 10.5 Å². The van der Waals surface area contributed by atoms with Crippen LogP contribution in [-0.2, 0) is 0 Å². The molecule has 0 fully saturated rings. The Kier molecular flexibility index (Phi) is 4.61. The van der Waals surface area contributed by atoms with Crippen molar-refractivity contribution in [2.45, 2.75) is 6.92 Å². The van der Waals surface area contributed by atoms with Crippen molar-refractivity contribution < 1.29 is 18.8 Å². The molecule has 1 N–H and O–H groups in total. The molecule has 1 amide bonds. The van der Waals surface area contributed by atoms with E-state index in [-0.39, 0.29) is 11.7 Å². The molecule has 0 radical (unpaired) electrons. The quantitative estimate of drug-likeness (QED) is 0.722. The number of carbonyl (C=O) groups excluding carboxylic acids is 2. The molecule has 3 aromatic rings. The van der Waals surface area contributed by atoms with Gasteiger partial charge in [-0.1, -0.05) is 5.16 Å². The molecule has 3 rings (SSSR count). The van der Waals surface area contributed by atoms with Crippen molar-refractivity contribution in [3.8, 4) is 5.75 Å². The highest BCUT2D eigenvalue weighted by molar-refractivity contribution is 6.09. The van der Waals surface area contributed by atoms with Gasteiger partial charge in [0.25, 0.3) is 5.91 Å². The number of nitrogens with one attached hydrogen (secondary N) is 1. The topological polar surface area (TPSA) is 81.4 Å². The van der Waals surface area contributed by atoms with E-state index in [9.17, 15) is 9.59 Å². The fraction of sp³-hybridized carbons (Fsp3) is 0.105. The van der Waals surface area contributed by atoms with Gasteiger partial charge in [-0.05, 0) is 55.5 Å². The molecule has 0 aliphatic rings. The first-order chi connectivity index (χ1) is 12.1. The molecule has 1 heterocycles. The number of hydrogen-bond donors (Lipinski definition) is 1. The molecular formula is C19H16N2O4. The maximum atomic E-state index is 12.5. The number of nitrogens with zero attached hydrogens (tertiary/aromatic N) is 1. The SMILES string of the molecule is COc1ccc(C(=O)c2ccc(NC(=O)c3cnoc3C)cc2)cc1. The van der Waals surface area contributed by atoms with Crippen LogP contribution in [-0.4, -0.2) is 24.0 Å². The number of aromatic nitrogens is 1. The second-order valence-corrected chi connectivity index (χ2v) is 5.38. The highest BCUT2D eigenvalue weighted by Gasteiger charge is 2.14. The molecule has 0 aliphatic carbocycles. The lowest BCUT2D eigenvalue weighted by molar-refractivity contribution is 0.102. The van der Waals surface area contributed by atoms with E-state index < -0.39 is 0 Å². The summed E-state index contributed by atoms with van der Waals surface area (Å²) in [5.74, 6) is 0.728. The van der Waals surface area contributed by atoms with Crippen molar-refractivity contribution in [3.05, 3.63) is 77.2 Å². The number of amides is 1. The minimum atomic E-state index is -0.312. The Bertz CT molecular complexity index is 896. The van der Waals surface area contributed by atoms with E-state index in [0.29, 0.717) is 33.9 Å². The van der Waals surface area contributed by atoms with Crippen LogP contribution in [0.4, 0.5) is 5.69 Å². The summed E-state index contributed by atoms with van der Waals surface area (Å²) in [6.07, 6.45) is 1.37. The van der Waals surface area contributed by atoms with E-state index in [4.69, 9.17) is 9.26 Å². The molecule has 0 atom stereocenters. The van der Waals surface area contributed by atoms with Crippen molar-refractivity contribution in [1.29, 1.82) is 0 Å². The van der Waals surface area contributed by atoms with Crippen molar-refractivity contribution in [3.63, 3.8) is 0 Å². The summed E-state index contributed by atoms with van der Waals surface area (Å²) in [6.45, 7) is 1.67. The van der Waals surface area contributed by atoms with Gasteiger partial charge >= 0.3 is 0 Å². The molecule has 25 heavy (non-hydrogen) atoms. The number of aryl methyl sites for hydroxylation is 1. The largest absolute Gasteiger partial charge is 0.497 e. The van der Waals surface area contributed by atoms with Crippen LogP contribution in [0.25, 0.3) is 0 Å². The maximum Gasteiger partial charge on any atom is 0.260 e. The van der Waals surface area contributed by atoms with Crippen LogP contribution >= 0.6 is 0 Å². The molecule has 0 saturated heterocycles. The average molecular weight is 336 g/mol. The molecule has 6 heteroatoms. The van der Waals surface area contributed by atoms with Crippen LogP contribution in [0.1, 0.15) is 32.0 Å². The molecule has 0 saturated carbocycles.